The maximum atomic E-state index is 13.4. The van der Waals surface area contributed by atoms with Gasteiger partial charge in [-0.15, -0.1) is 0 Å². The van der Waals surface area contributed by atoms with Crippen molar-refractivity contribution < 1.29 is 9.18 Å². The number of pyridine rings is 1. The molecule has 0 aliphatic heterocycles. The highest BCUT2D eigenvalue weighted by molar-refractivity contribution is 6.29. The zero-order valence-electron chi connectivity index (χ0n) is 9.26. The fraction of sp³-hybridized carbons (Fsp3) is 0.455. The van der Waals surface area contributed by atoms with E-state index in [1.807, 2.05) is 0 Å². The molecule has 1 N–H and O–H groups in total. The molecule has 0 aliphatic carbocycles. The number of nitrogens with one attached hydrogen (secondary N) is 1. The molecule has 3 nitrogen and oxygen atoms in total. The molecule has 0 aliphatic rings. The predicted octanol–water partition coefficient (Wildman–Crippen LogP) is 2.65. The number of carbonyl (C=O) groups is 1. The zero-order chi connectivity index (χ0) is 12.1. The Balaban J connectivity index is 2.63. The van der Waals surface area contributed by atoms with E-state index in [-0.39, 0.29) is 10.7 Å². The van der Waals surface area contributed by atoms with Crippen LogP contribution in [0.4, 0.5) is 4.39 Å². The minimum Gasteiger partial charge on any atom is -0.352 e. The van der Waals surface area contributed by atoms with Crippen molar-refractivity contribution in [3.63, 3.8) is 0 Å². The van der Waals surface area contributed by atoms with Crippen molar-refractivity contribution in [2.75, 3.05) is 6.54 Å². The Morgan fingerprint density at radius 1 is 1.62 bits per heavy atom. The van der Waals surface area contributed by atoms with E-state index in [0.29, 0.717) is 12.5 Å². The fourth-order valence-electron chi connectivity index (χ4n) is 1.16. The third kappa shape index (κ3) is 3.45. The molecule has 1 amide bonds. The smallest absolute Gasteiger partial charge is 0.254 e. The van der Waals surface area contributed by atoms with Crippen LogP contribution >= 0.6 is 11.6 Å². The molecule has 88 valence electrons. The summed E-state index contributed by atoms with van der Waals surface area (Å²) in [4.78, 5) is 15.1. The molecule has 16 heavy (non-hydrogen) atoms. The lowest BCUT2D eigenvalue weighted by Crippen LogP contribution is -2.26. The molecule has 1 rings (SSSR count). The summed E-state index contributed by atoms with van der Waals surface area (Å²) in [5, 5.41) is 2.35. The lowest BCUT2D eigenvalue weighted by atomic mass is 10.1. The van der Waals surface area contributed by atoms with Gasteiger partial charge in [0.1, 0.15) is 0 Å². The summed E-state index contributed by atoms with van der Waals surface area (Å²) < 4.78 is 13.4. The predicted molar refractivity (Wildman–Crippen MR) is 61.0 cm³/mol. The molecule has 0 bridgehead atoms. The zero-order valence-corrected chi connectivity index (χ0v) is 10.0. The van der Waals surface area contributed by atoms with Crippen molar-refractivity contribution >= 4 is 17.5 Å². The number of aromatic nitrogens is 1. The van der Waals surface area contributed by atoms with Crippen LogP contribution in [0.3, 0.4) is 0 Å². The number of carbonyl (C=O) groups excluding carboxylic acids is 1. The van der Waals surface area contributed by atoms with Crippen LogP contribution in [0.1, 0.15) is 30.6 Å². The second kappa shape index (κ2) is 5.80. The molecule has 1 aromatic rings. The van der Waals surface area contributed by atoms with Gasteiger partial charge in [-0.1, -0.05) is 25.4 Å². The Morgan fingerprint density at radius 3 is 2.94 bits per heavy atom. The molecular weight excluding hydrogens is 231 g/mol. The van der Waals surface area contributed by atoms with E-state index in [2.05, 4.69) is 24.1 Å². The Labute approximate surface area is 99.0 Å². The molecule has 0 unspecified atom stereocenters. The van der Waals surface area contributed by atoms with Crippen LogP contribution in [-0.2, 0) is 0 Å². The standard InChI is InChI=1S/C11H14ClFN2O/c1-7(2)3-5-15-11(16)8-4-6-14-10(12)9(8)13/h4,6-7H,3,5H2,1-2H3,(H,15,16). The van der Waals surface area contributed by atoms with Crippen molar-refractivity contribution in [2.24, 2.45) is 5.92 Å². The first-order valence-corrected chi connectivity index (χ1v) is 5.48. The summed E-state index contributed by atoms with van der Waals surface area (Å²) >= 11 is 5.48. The second-order valence-corrected chi connectivity index (χ2v) is 4.26. The largest absolute Gasteiger partial charge is 0.352 e. The van der Waals surface area contributed by atoms with Gasteiger partial charge in [-0.05, 0) is 18.4 Å². The van der Waals surface area contributed by atoms with Crippen LogP contribution in [0.25, 0.3) is 0 Å². The van der Waals surface area contributed by atoms with Gasteiger partial charge in [0.25, 0.3) is 5.91 Å². The van der Waals surface area contributed by atoms with Crippen molar-refractivity contribution in [1.29, 1.82) is 0 Å². The van der Waals surface area contributed by atoms with E-state index in [4.69, 9.17) is 11.6 Å². The van der Waals surface area contributed by atoms with E-state index in [1.165, 1.54) is 12.3 Å². The lowest BCUT2D eigenvalue weighted by molar-refractivity contribution is 0.0948. The topological polar surface area (TPSA) is 42.0 Å². The summed E-state index contributed by atoms with van der Waals surface area (Å²) in [5.41, 5.74) is -0.0660. The van der Waals surface area contributed by atoms with Gasteiger partial charge >= 0.3 is 0 Å². The molecule has 0 atom stereocenters. The van der Waals surface area contributed by atoms with Gasteiger partial charge in [0, 0.05) is 12.7 Å². The van der Waals surface area contributed by atoms with Gasteiger partial charge in [-0.2, -0.15) is 0 Å². The van der Waals surface area contributed by atoms with Crippen molar-refractivity contribution in [2.45, 2.75) is 20.3 Å². The average molecular weight is 245 g/mol. The first kappa shape index (κ1) is 12.9. The molecule has 0 fully saturated rings. The van der Waals surface area contributed by atoms with Crippen molar-refractivity contribution in [3.05, 3.63) is 28.8 Å². The maximum Gasteiger partial charge on any atom is 0.254 e. The van der Waals surface area contributed by atoms with Gasteiger partial charge in [-0.3, -0.25) is 4.79 Å². The average Bonchev–Trinajstić information content (AvgIpc) is 2.21. The van der Waals surface area contributed by atoms with E-state index in [1.54, 1.807) is 0 Å². The van der Waals surface area contributed by atoms with Gasteiger partial charge in [-0.25, -0.2) is 9.37 Å². The summed E-state index contributed by atoms with van der Waals surface area (Å²) in [5.74, 6) is -0.736. The molecule has 0 radical (unpaired) electrons. The lowest BCUT2D eigenvalue weighted by Gasteiger charge is -2.07. The number of nitrogens with zero attached hydrogens (tertiary/aromatic N) is 1. The Hall–Kier alpha value is -1.16. The number of amides is 1. The SMILES string of the molecule is CC(C)CCNC(=O)c1ccnc(Cl)c1F. The molecular formula is C11H14ClFN2O. The van der Waals surface area contributed by atoms with Crippen LogP contribution in [0.2, 0.25) is 5.15 Å². The van der Waals surface area contributed by atoms with Crippen LogP contribution in [-0.4, -0.2) is 17.4 Å². The number of hydrogen-bond acceptors (Lipinski definition) is 2. The van der Waals surface area contributed by atoms with Crippen molar-refractivity contribution in [3.8, 4) is 0 Å². The Kier molecular flexibility index (Phi) is 4.68. The number of halogens is 2. The quantitative estimate of drug-likeness (QED) is 0.828. The summed E-state index contributed by atoms with van der Waals surface area (Å²) in [6.45, 7) is 4.63. The Morgan fingerprint density at radius 2 is 2.31 bits per heavy atom. The monoisotopic (exact) mass is 244 g/mol. The summed E-state index contributed by atoms with van der Waals surface area (Å²) in [7, 11) is 0. The summed E-state index contributed by atoms with van der Waals surface area (Å²) in [6.07, 6.45) is 2.16. The number of rotatable bonds is 4. The molecule has 0 aromatic carbocycles. The number of hydrogen-bond donors (Lipinski definition) is 1. The van der Waals surface area contributed by atoms with E-state index >= 15 is 0 Å². The fourth-order valence-corrected chi connectivity index (χ4v) is 1.32. The van der Waals surface area contributed by atoms with Gasteiger partial charge in [0.05, 0.1) is 5.56 Å². The molecule has 1 aromatic heterocycles. The minimum atomic E-state index is -0.772. The van der Waals surface area contributed by atoms with Crippen molar-refractivity contribution in [1.82, 2.24) is 10.3 Å². The maximum absolute atomic E-state index is 13.4. The van der Waals surface area contributed by atoms with Crippen LogP contribution < -0.4 is 5.32 Å². The minimum absolute atomic E-state index is 0.0660. The van der Waals surface area contributed by atoms with Gasteiger partial charge in [0.2, 0.25) is 0 Å². The van der Waals surface area contributed by atoms with E-state index in [0.717, 1.165) is 6.42 Å². The highest BCUT2D eigenvalue weighted by Gasteiger charge is 2.14. The molecule has 0 saturated carbocycles. The van der Waals surface area contributed by atoms with Crippen LogP contribution in [0.15, 0.2) is 12.3 Å². The van der Waals surface area contributed by atoms with Crippen LogP contribution in [0.5, 0.6) is 0 Å². The highest BCUT2D eigenvalue weighted by Crippen LogP contribution is 2.14. The van der Waals surface area contributed by atoms with Gasteiger partial charge in [0.15, 0.2) is 11.0 Å². The molecule has 5 heteroatoms. The van der Waals surface area contributed by atoms with Gasteiger partial charge < -0.3 is 5.32 Å². The van der Waals surface area contributed by atoms with Crippen LogP contribution in [0, 0.1) is 11.7 Å². The normalized spacial score (nSPS) is 10.6. The molecule has 1 heterocycles. The summed E-state index contributed by atoms with van der Waals surface area (Å²) in [6, 6.07) is 1.31. The molecule has 0 saturated heterocycles. The third-order valence-corrected chi connectivity index (χ3v) is 2.36. The van der Waals surface area contributed by atoms with E-state index < -0.39 is 11.7 Å². The van der Waals surface area contributed by atoms with E-state index in [9.17, 15) is 9.18 Å². The first-order chi connectivity index (χ1) is 7.52. The third-order valence-electron chi connectivity index (χ3n) is 2.10. The molecule has 0 spiro atoms. The highest BCUT2D eigenvalue weighted by atomic mass is 35.5. The first-order valence-electron chi connectivity index (χ1n) is 5.10. The Bertz CT molecular complexity index is 382. The second-order valence-electron chi connectivity index (χ2n) is 3.90.